The molecule has 3 aromatic rings. The van der Waals surface area contributed by atoms with Crippen molar-refractivity contribution in [1.82, 2.24) is 10.3 Å². The first-order valence-electron chi connectivity index (χ1n) is 9.56. The number of hydrogen-bond donors (Lipinski definition) is 3. The number of aromatic amines is 1. The smallest absolute Gasteiger partial charge is 0.252 e. The quantitative estimate of drug-likeness (QED) is 0.479. The number of rotatable bonds is 4. The Labute approximate surface area is 182 Å². The molecule has 0 radical (unpaired) electrons. The van der Waals surface area contributed by atoms with Gasteiger partial charge < -0.3 is 15.4 Å². The van der Waals surface area contributed by atoms with Crippen molar-refractivity contribution in [2.24, 2.45) is 0 Å². The molecule has 0 aliphatic carbocycles. The highest BCUT2D eigenvalue weighted by molar-refractivity contribution is 9.10. The molecule has 3 unspecified atom stereocenters. The van der Waals surface area contributed by atoms with E-state index in [1.54, 1.807) is 12.1 Å². The number of pyridine rings is 1. The van der Waals surface area contributed by atoms with E-state index in [1.165, 1.54) is 0 Å². The number of hydrogen-bond acceptors (Lipinski definition) is 3. The molecule has 1 aliphatic heterocycles. The maximum atomic E-state index is 13.1. The Hall–Kier alpha value is -1.92. The number of nitrogens with one attached hydrogen (secondary N) is 2. The fourth-order valence-electron chi connectivity index (χ4n) is 4.30. The van der Waals surface area contributed by atoms with Gasteiger partial charge in [-0.05, 0) is 66.7 Å². The van der Waals surface area contributed by atoms with E-state index in [0.717, 1.165) is 20.9 Å². The van der Waals surface area contributed by atoms with Gasteiger partial charge in [-0.1, -0.05) is 45.7 Å². The lowest BCUT2D eigenvalue weighted by molar-refractivity contribution is -0.0133. The zero-order valence-corrected chi connectivity index (χ0v) is 18.1. The van der Waals surface area contributed by atoms with Crippen LogP contribution < -0.4 is 10.9 Å². The zero-order valence-electron chi connectivity index (χ0n) is 15.8. The van der Waals surface area contributed by atoms with Crippen LogP contribution >= 0.6 is 27.5 Å². The summed E-state index contributed by atoms with van der Waals surface area (Å²) in [7, 11) is 0. The maximum absolute atomic E-state index is 13.1. The molecule has 0 saturated carbocycles. The second kappa shape index (κ2) is 8.07. The summed E-state index contributed by atoms with van der Waals surface area (Å²) in [6.45, 7) is 4.52. The van der Waals surface area contributed by atoms with Crippen molar-refractivity contribution in [3.63, 3.8) is 0 Å². The fourth-order valence-corrected chi connectivity index (χ4v) is 4.81. The summed E-state index contributed by atoms with van der Waals surface area (Å²) in [5, 5.41) is 16.7. The van der Waals surface area contributed by atoms with E-state index in [4.69, 9.17) is 11.6 Å². The van der Waals surface area contributed by atoms with Crippen molar-refractivity contribution in [3.05, 3.63) is 92.2 Å². The second-order valence-electron chi connectivity index (χ2n) is 7.62. The SMILES string of the molecule is C=CC1CC(O)(C(c2ccc(Cl)cc2)c2cc3cc(Br)ccc3[nH]c2=O)CCN1. The van der Waals surface area contributed by atoms with Gasteiger partial charge in [0.2, 0.25) is 0 Å². The van der Waals surface area contributed by atoms with Crippen molar-refractivity contribution >= 4 is 38.4 Å². The van der Waals surface area contributed by atoms with Crippen LogP contribution in [0, 0.1) is 0 Å². The minimum atomic E-state index is -1.09. The second-order valence-corrected chi connectivity index (χ2v) is 8.98. The van der Waals surface area contributed by atoms with Crippen LogP contribution in [0.2, 0.25) is 5.02 Å². The topological polar surface area (TPSA) is 65.1 Å². The molecule has 3 atom stereocenters. The molecule has 4 rings (SSSR count). The Morgan fingerprint density at radius 1 is 1.24 bits per heavy atom. The van der Waals surface area contributed by atoms with Crippen LogP contribution in [0.4, 0.5) is 0 Å². The standard InChI is InChI=1S/C23H22BrClN2O2/c1-2-18-13-23(29,9-10-26-18)21(14-3-6-17(25)7-4-14)19-12-15-11-16(24)5-8-20(15)27-22(19)28/h2-8,11-12,18,21,26,29H,1,9-10,13H2,(H,27,28). The third-order valence-corrected chi connectivity index (χ3v) is 6.45. The summed E-state index contributed by atoms with van der Waals surface area (Å²) >= 11 is 9.59. The number of halogens is 2. The summed E-state index contributed by atoms with van der Waals surface area (Å²) in [6, 6.07) is 15.0. The molecule has 0 spiro atoms. The number of aromatic nitrogens is 1. The molecule has 2 aromatic carbocycles. The van der Waals surface area contributed by atoms with Gasteiger partial charge in [0.05, 0.1) is 5.60 Å². The van der Waals surface area contributed by atoms with Crippen LogP contribution in [0.3, 0.4) is 0 Å². The molecule has 1 aliphatic rings. The molecular formula is C23H22BrClN2O2. The number of piperidine rings is 1. The van der Waals surface area contributed by atoms with Gasteiger partial charge >= 0.3 is 0 Å². The van der Waals surface area contributed by atoms with Crippen molar-refractivity contribution in [3.8, 4) is 0 Å². The Bertz CT molecular complexity index is 1110. The minimum absolute atomic E-state index is 0.0165. The fraction of sp³-hybridized carbons (Fsp3) is 0.261. The van der Waals surface area contributed by atoms with Crippen LogP contribution in [0.25, 0.3) is 10.9 Å². The molecule has 1 fully saturated rings. The number of aliphatic hydroxyl groups is 1. The van der Waals surface area contributed by atoms with Gasteiger partial charge in [-0.2, -0.15) is 0 Å². The first kappa shape index (κ1) is 20.4. The van der Waals surface area contributed by atoms with Gasteiger partial charge in [0, 0.05) is 32.5 Å². The predicted molar refractivity (Wildman–Crippen MR) is 122 cm³/mol. The highest BCUT2D eigenvalue weighted by Gasteiger charge is 2.43. The zero-order chi connectivity index (χ0) is 20.6. The molecule has 1 saturated heterocycles. The lowest BCUT2D eigenvalue weighted by Gasteiger charge is -2.42. The summed E-state index contributed by atoms with van der Waals surface area (Å²) < 4.78 is 0.929. The van der Waals surface area contributed by atoms with Crippen LogP contribution in [0.5, 0.6) is 0 Å². The molecule has 150 valence electrons. The number of fused-ring (bicyclic) bond motifs is 1. The van der Waals surface area contributed by atoms with E-state index in [-0.39, 0.29) is 11.6 Å². The van der Waals surface area contributed by atoms with E-state index in [2.05, 4.69) is 32.8 Å². The average molecular weight is 474 g/mol. The Kier molecular flexibility index (Phi) is 5.67. The highest BCUT2D eigenvalue weighted by atomic mass is 79.9. The van der Waals surface area contributed by atoms with Crippen LogP contribution in [0.1, 0.15) is 29.9 Å². The van der Waals surface area contributed by atoms with E-state index in [1.807, 2.05) is 42.5 Å². The molecule has 2 heterocycles. The van der Waals surface area contributed by atoms with E-state index < -0.39 is 11.5 Å². The largest absolute Gasteiger partial charge is 0.389 e. The van der Waals surface area contributed by atoms with Gasteiger partial charge in [0.1, 0.15) is 0 Å². The first-order valence-corrected chi connectivity index (χ1v) is 10.7. The molecule has 29 heavy (non-hydrogen) atoms. The van der Waals surface area contributed by atoms with Crippen molar-refractivity contribution in [1.29, 1.82) is 0 Å². The normalized spacial score (nSPS) is 23.1. The average Bonchev–Trinajstić information content (AvgIpc) is 2.70. The molecule has 6 heteroatoms. The van der Waals surface area contributed by atoms with E-state index >= 15 is 0 Å². The van der Waals surface area contributed by atoms with Crippen LogP contribution in [0.15, 0.2) is 70.5 Å². The molecule has 1 aromatic heterocycles. The van der Waals surface area contributed by atoms with Crippen molar-refractivity contribution in [2.45, 2.75) is 30.4 Å². The van der Waals surface area contributed by atoms with Gasteiger partial charge in [0.15, 0.2) is 0 Å². The summed E-state index contributed by atoms with van der Waals surface area (Å²) in [5.74, 6) is -0.489. The van der Waals surface area contributed by atoms with E-state index in [9.17, 15) is 9.90 Å². The Balaban J connectivity index is 1.92. The third-order valence-electron chi connectivity index (χ3n) is 5.71. The molecule has 0 amide bonds. The lowest BCUT2D eigenvalue weighted by atomic mass is 9.71. The minimum Gasteiger partial charge on any atom is -0.389 e. The molecule has 3 N–H and O–H groups in total. The Morgan fingerprint density at radius 2 is 2.00 bits per heavy atom. The van der Waals surface area contributed by atoms with Gasteiger partial charge in [-0.15, -0.1) is 6.58 Å². The highest BCUT2D eigenvalue weighted by Crippen LogP contribution is 2.41. The maximum Gasteiger partial charge on any atom is 0.252 e. The van der Waals surface area contributed by atoms with Crippen molar-refractivity contribution in [2.75, 3.05) is 6.54 Å². The van der Waals surface area contributed by atoms with E-state index in [0.29, 0.717) is 30.0 Å². The van der Waals surface area contributed by atoms with Gasteiger partial charge in [-0.25, -0.2) is 0 Å². The predicted octanol–water partition coefficient (Wildman–Crippen LogP) is 4.75. The van der Waals surface area contributed by atoms with Gasteiger partial charge in [0.25, 0.3) is 5.56 Å². The summed E-state index contributed by atoms with van der Waals surface area (Å²) in [4.78, 5) is 16.1. The Morgan fingerprint density at radius 3 is 2.72 bits per heavy atom. The van der Waals surface area contributed by atoms with Crippen LogP contribution in [-0.2, 0) is 0 Å². The lowest BCUT2D eigenvalue weighted by Crippen LogP contribution is -2.51. The first-order chi connectivity index (χ1) is 13.9. The summed E-state index contributed by atoms with van der Waals surface area (Å²) in [5.41, 5.74) is 0.886. The number of H-pyrrole nitrogens is 1. The monoisotopic (exact) mass is 472 g/mol. The molecule has 4 nitrogen and oxygen atoms in total. The van der Waals surface area contributed by atoms with Crippen molar-refractivity contribution < 1.29 is 5.11 Å². The van der Waals surface area contributed by atoms with Crippen LogP contribution in [-0.4, -0.2) is 28.3 Å². The number of benzene rings is 2. The third kappa shape index (κ3) is 4.05. The van der Waals surface area contributed by atoms with Gasteiger partial charge in [-0.3, -0.25) is 4.79 Å². The molecular weight excluding hydrogens is 452 g/mol. The molecule has 0 bridgehead atoms. The summed E-state index contributed by atoms with van der Waals surface area (Å²) in [6.07, 6.45) is 2.81.